The standard InChI is InChI=1S/C12H16N2O8S/c1-6(15)13-3-4-22-11(19)12(2)9(10(17)18)14-7(16)5-8(14)23(12,20)21/h8-9H,3-5H2,1-2H3,(H,13,15)(H,17,18)/t8-,9+,12-/m1/s1. The number of carbonyl (C=O) groups excluding carboxylic acids is 3. The molecular formula is C12H16N2O8S. The molecule has 11 heteroatoms. The van der Waals surface area contributed by atoms with Crippen LogP contribution in [0.1, 0.15) is 20.3 Å². The maximum atomic E-state index is 12.5. The van der Waals surface area contributed by atoms with E-state index in [9.17, 15) is 32.7 Å². The molecule has 23 heavy (non-hydrogen) atoms. The summed E-state index contributed by atoms with van der Waals surface area (Å²) >= 11 is 0. The number of ether oxygens (including phenoxy) is 1. The second-order valence-corrected chi connectivity index (χ2v) is 7.95. The number of sulfone groups is 1. The van der Waals surface area contributed by atoms with Crippen LogP contribution in [-0.4, -0.2) is 71.5 Å². The largest absolute Gasteiger partial charge is 0.480 e. The molecule has 0 aromatic heterocycles. The van der Waals surface area contributed by atoms with E-state index >= 15 is 0 Å². The van der Waals surface area contributed by atoms with Crippen LogP contribution in [0.25, 0.3) is 0 Å². The van der Waals surface area contributed by atoms with E-state index in [-0.39, 0.29) is 25.5 Å². The lowest BCUT2D eigenvalue weighted by molar-refractivity contribution is -0.162. The summed E-state index contributed by atoms with van der Waals surface area (Å²) in [5, 5.41) is 10.3. The highest BCUT2D eigenvalue weighted by atomic mass is 32.2. The molecule has 2 amide bonds. The van der Waals surface area contributed by atoms with Crippen LogP contribution in [0.2, 0.25) is 0 Å². The van der Waals surface area contributed by atoms with Crippen LogP contribution >= 0.6 is 0 Å². The Kier molecular flexibility index (Phi) is 4.09. The molecule has 0 radical (unpaired) electrons. The molecular weight excluding hydrogens is 332 g/mol. The second-order valence-electron chi connectivity index (χ2n) is 5.47. The van der Waals surface area contributed by atoms with Gasteiger partial charge in [0.1, 0.15) is 12.0 Å². The van der Waals surface area contributed by atoms with E-state index in [0.717, 1.165) is 6.92 Å². The predicted molar refractivity (Wildman–Crippen MR) is 73.6 cm³/mol. The summed E-state index contributed by atoms with van der Waals surface area (Å²) in [4.78, 5) is 46.7. The molecule has 0 aliphatic carbocycles. The fourth-order valence-electron chi connectivity index (χ4n) is 2.77. The Bertz CT molecular complexity index is 687. The van der Waals surface area contributed by atoms with Crippen molar-refractivity contribution in [2.24, 2.45) is 0 Å². The van der Waals surface area contributed by atoms with Gasteiger partial charge in [0.15, 0.2) is 20.6 Å². The molecule has 0 unspecified atom stereocenters. The molecule has 10 nitrogen and oxygen atoms in total. The van der Waals surface area contributed by atoms with Gasteiger partial charge in [-0.1, -0.05) is 0 Å². The van der Waals surface area contributed by atoms with Gasteiger partial charge in [-0.05, 0) is 6.92 Å². The number of fused-ring (bicyclic) bond motifs is 1. The normalized spacial score (nSPS) is 31.0. The topological polar surface area (TPSA) is 147 Å². The summed E-state index contributed by atoms with van der Waals surface area (Å²) < 4.78 is 27.4. The molecule has 0 saturated carbocycles. The summed E-state index contributed by atoms with van der Waals surface area (Å²) in [5.74, 6) is -3.84. The Morgan fingerprint density at radius 2 is 2.04 bits per heavy atom. The minimum atomic E-state index is -4.25. The van der Waals surface area contributed by atoms with Gasteiger partial charge in [-0.25, -0.2) is 13.2 Å². The van der Waals surface area contributed by atoms with Gasteiger partial charge in [0.2, 0.25) is 11.8 Å². The summed E-state index contributed by atoms with van der Waals surface area (Å²) in [6, 6.07) is -1.83. The lowest BCUT2D eigenvalue weighted by Crippen LogP contribution is -2.59. The van der Waals surface area contributed by atoms with Crippen molar-refractivity contribution >= 4 is 33.6 Å². The van der Waals surface area contributed by atoms with Crippen LogP contribution in [0, 0.1) is 0 Å². The number of nitrogens with one attached hydrogen (secondary N) is 1. The van der Waals surface area contributed by atoms with E-state index in [0.29, 0.717) is 4.90 Å². The highest BCUT2D eigenvalue weighted by Gasteiger charge is 2.73. The van der Waals surface area contributed by atoms with Gasteiger partial charge in [-0.15, -0.1) is 0 Å². The predicted octanol–water partition coefficient (Wildman–Crippen LogP) is -2.14. The fourth-order valence-corrected chi connectivity index (χ4v) is 5.05. The molecule has 2 aliphatic heterocycles. The average molecular weight is 348 g/mol. The third-order valence-corrected chi connectivity index (χ3v) is 6.73. The van der Waals surface area contributed by atoms with E-state index in [4.69, 9.17) is 4.74 Å². The molecule has 128 valence electrons. The summed E-state index contributed by atoms with van der Waals surface area (Å²) in [6.07, 6.45) is -0.346. The van der Waals surface area contributed by atoms with Crippen molar-refractivity contribution in [2.75, 3.05) is 13.2 Å². The number of β-lactam (4-membered cyclic amide) rings is 1. The number of esters is 1. The minimum absolute atomic E-state index is 0.0407. The first-order valence-electron chi connectivity index (χ1n) is 6.74. The number of aliphatic carboxylic acids is 1. The average Bonchev–Trinajstić information content (AvgIpc) is 2.58. The van der Waals surface area contributed by atoms with Crippen LogP contribution in [0.3, 0.4) is 0 Å². The van der Waals surface area contributed by atoms with Gasteiger partial charge in [-0.2, -0.15) is 0 Å². The lowest BCUT2D eigenvalue weighted by atomic mass is 9.96. The highest BCUT2D eigenvalue weighted by Crippen LogP contribution is 2.46. The molecule has 2 N–H and O–H groups in total. The number of carboxylic acids is 1. The third kappa shape index (κ3) is 2.35. The number of nitrogens with zero attached hydrogens (tertiary/aromatic N) is 1. The Morgan fingerprint density at radius 3 is 2.52 bits per heavy atom. The van der Waals surface area contributed by atoms with Gasteiger partial charge in [0.25, 0.3) is 0 Å². The molecule has 2 rings (SSSR count). The van der Waals surface area contributed by atoms with Gasteiger partial charge >= 0.3 is 11.9 Å². The summed E-state index contributed by atoms with van der Waals surface area (Å²) in [5.41, 5.74) is 0. The zero-order valence-corrected chi connectivity index (χ0v) is 13.3. The van der Waals surface area contributed by atoms with Gasteiger partial charge in [0.05, 0.1) is 13.0 Å². The number of carbonyl (C=O) groups is 4. The molecule has 0 bridgehead atoms. The third-order valence-electron chi connectivity index (χ3n) is 4.05. The first-order valence-corrected chi connectivity index (χ1v) is 8.29. The number of rotatable bonds is 5. The Morgan fingerprint density at radius 1 is 1.43 bits per heavy atom. The van der Waals surface area contributed by atoms with Crippen molar-refractivity contribution < 1.29 is 37.4 Å². The Balaban J connectivity index is 2.25. The monoisotopic (exact) mass is 348 g/mol. The molecule has 2 aliphatic rings. The summed E-state index contributed by atoms with van der Waals surface area (Å²) in [7, 11) is -4.25. The second kappa shape index (κ2) is 5.48. The van der Waals surface area contributed by atoms with Gasteiger partial charge in [-0.3, -0.25) is 14.4 Å². The van der Waals surface area contributed by atoms with Crippen molar-refractivity contribution in [1.82, 2.24) is 10.2 Å². The quantitative estimate of drug-likeness (QED) is 0.325. The highest BCUT2D eigenvalue weighted by molar-refractivity contribution is 7.94. The Hall–Kier alpha value is -2.17. The van der Waals surface area contributed by atoms with E-state index in [1.54, 1.807) is 0 Å². The van der Waals surface area contributed by atoms with E-state index in [2.05, 4.69) is 5.32 Å². The van der Waals surface area contributed by atoms with E-state index in [1.807, 2.05) is 0 Å². The molecule has 3 atom stereocenters. The van der Waals surface area contributed by atoms with Crippen LogP contribution in [0.5, 0.6) is 0 Å². The minimum Gasteiger partial charge on any atom is -0.480 e. The van der Waals surface area contributed by atoms with Crippen molar-refractivity contribution in [3.8, 4) is 0 Å². The van der Waals surface area contributed by atoms with Crippen molar-refractivity contribution in [1.29, 1.82) is 0 Å². The zero-order chi connectivity index (χ0) is 17.6. The van der Waals surface area contributed by atoms with Crippen molar-refractivity contribution in [3.63, 3.8) is 0 Å². The molecule has 2 saturated heterocycles. The fraction of sp³-hybridized carbons (Fsp3) is 0.667. The number of carboxylic acid groups (broad SMARTS) is 1. The SMILES string of the molecule is CC(=O)NCCOC(=O)[C@@]1(C)[C@H](C(=O)O)N2C(=O)C[C@H]2S1(=O)=O. The first kappa shape index (κ1) is 17.2. The smallest absolute Gasteiger partial charge is 0.330 e. The first-order chi connectivity index (χ1) is 10.5. The van der Waals surface area contributed by atoms with E-state index in [1.165, 1.54) is 6.92 Å². The number of hydrogen-bond acceptors (Lipinski definition) is 7. The van der Waals surface area contributed by atoms with Crippen LogP contribution in [-0.2, 0) is 33.8 Å². The van der Waals surface area contributed by atoms with Crippen molar-refractivity contribution in [3.05, 3.63) is 0 Å². The van der Waals surface area contributed by atoms with Crippen LogP contribution in [0.15, 0.2) is 0 Å². The molecule has 2 fully saturated rings. The summed E-state index contributed by atoms with van der Waals surface area (Å²) in [6.45, 7) is 1.85. The van der Waals surface area contributed by atoms with Crippen LogP contribution in [0.4, 0.5) is 0 Å². The number of hydrogen-bond donors (Lipinski definition) is 2. The maximum absolute atomic E-state index is 12.5. The van der Waals surface area contributed by atoms with E-state index < -0.39 is 43.8 Å². The molecule has 0 aromatic carbocycles. The van der Waals surface area contributed by atoms with Crippen molar-refractivity contribution in [2.45, 2.75) is 36.4 Å². The van der Waals surface area contributed by atoms with Gasteiger partial charge < -0.3 is 20.1 Å². The number of amides is 2. The molecule has 0 aromatic rings. The Labute approximate surface area is 131 Å². The zero-order valence-electron chi connectivity index (χ0n) is 12.4. The van der Waals surface area contributed by atoms with Crippen LogP contribution < -0.4 is 5.32 Å². The molecule has 2 heterocycles. The lowest BCUT2D eigenvalue weighted by Gasteiger charge is -2.35. The maximum Gasteiger partial charge on any atom is 0.330 e. The van der Waals surface area contributed by atoms with Gasteiger partial charge in [0, 0.05) is 6.92 Å². The molecule has 0 spiro atoms.